The first-order valence-electron chi connectivity index (χ1n) is 7.84. The Bertz CT molecular complexity index is 848. The third-order valence-corrected chi connectivity index (χ3v) is 4.09. The summed E-state index contributed by atoms with van der Waals surface area (Å²) in [5.74, 6) is 0.735. The lowest BCUT2D eigenvalue weighted by Gasteiger charge is -2.09. The highest BCUT2D eigenvalue weighted by molar-refractivity contribution is 6.31. The van der Waals surface area contributed by atoms with Crippen LogP contribution in [0.2, 0.25) is 5.02 Å². The summed E-state index contributed by atoms with van der Waals surface area (Å²) >= 11 is 6.05. The first-order valence-corrected chi connectivity index (χ1v) is 8.22. The van der Waals surface area contributed by atoms with Gasteiger partial charge < -0.3 is 10.1 Å². The van der Waals surface area contributed by atoms with Gasteiger partial charge in [0.2, 0.25) is 5.91 Å². The Hall–Kier alpha value is -2.52. The van der Waals surface area contributed by atoms with Crippen LogP contribution in [0.25, 0.3) is 10.8 Å². The van der Waals surface area contributed by atoms with Crippen molar-refractivity contribution in [2.45, 2.75) is 6.42 Å². The molecule has 0 atom stereocenters. The van der Waals surface area contributed by atoms with Crippen LogP contribution in [0.3, 0.4) is 0 Å². The number of carbonyl (C=O) groups is 1. The van der Waals surface area contributed by atoms with Gasteiger partial charge in [0.25, 0.3) is 0 Å². The number of amides is 1. The summed E-state index contributed by atoms with van der Waals surface area (Å²) in [5, 5.41) is 5.77. The second-order valence-electron chi connectivity index (χ2n) is 5.48. The van der Waals surface area contributed by atoms with Gasteiger partial charge in [0.1, 0.15) is 12.4 Å². The Labute approximate surface area is 146 Å². The number of benzene rings is 3. The summed E-state index contributed by atoms with van der Waals surface area (Å²) < 4.78 is 5.70. The molecule has 1 N–H and O–H groups in total. The van der Waals surface area contributed by atoms with Gasteiger partial charge in [0.05, 0.1) is 13.0 Å². The maximum absolute atomic E-state index is 11.9. The molecule has 1 amide bonds. The molecule has 0 radical (unpaired) electrons. The smallest absolute Gasteiger partial charge is 0.224 e. The highest BCUT2D eigenvalue weighted by Gasteiger charge is 2.06. The highest BCUT2D eigenvalue weighted by Crippen LogP contribution is 2.20. The van der Waals surface area contributed by atoms with Gasteiger partial charge in [-0.05, 0) is 34.5 Å². The summed E-state index contributed by atoms with van der Waals surface area (Å²) in [7, 11) is 0. The van der Waals surface area contributed by atoms with Crippen LogP contribution < -0.4 is 10.1 Å². The second kappa shape index (κ2) is 7.84. The summed E-state index contributed by atoms with van der Waals surface area (Å²) in [6.45, 7) is 0.878. The third kappa shape index (κ3) is 4.27. The van der Waals surface area contributed by atoms with Crippen LogP contribution in [0, 0.1) is 0 Å². The zero-order valence-electron chi connectivity index (χ0n) is 13.2. The number of halogens is 1. The summed E-state index contributed by atoms with van der Waals surface area (Å²) in [5.41, 5.74) is 0.826. The Morgan fingerprint density at radius 2 is 1.71 bits per heavy atom. The average molecular weight is 340 g/mol. The quantitative estimate of drug-likeness (QED) is 0.682. The molecule has 0 spiro atoms. The monoisotopic (exact) mass is 339 g/mol. The van der Waals surface area contributed by atoms with E-state index in [1.54, 1.807) is 6.07 Å². The molecule has 0 aliphatic heterocycles. The Morgan fingerprint density at radius 3 is 2.54 bits per heavy atom. The predicted molar refractivity (Wildman–Crippen MR) is 97.6 cm³/mol. The number of fused-ring (bicyclic) bond motifs is 1. The summed E-state index contributed by atoms with van der Waals surface area (Å²) in [6.07, 6.45) is 0.273. The van der Waals surface area contributed by atoms with Gasteiger partial charge in [-0.1, -0.05) is 60.1 Å². The number of carbonyl (C=O) groups excluding carboxylic acids is 1. The minimum Gasteiger partial charge on any atom is -0.492 e. The van der Waals surface area contributed by atoms with E-state index >= 15 is 0 Å². The van der Waals surface area contributed by atoms with Crippen LogP contribution in [0.4, 0.5) is 0 Å². The van der Waals surface area contributed by atoms with E-state index in [2.05, 4.69) is 11.4 Å². The van der Waals surface area contributed by atoms with E-state index in [0.717, 1.165) is 16.7 Å². The molecule has 0 saturated carbocycles. The Kier molecular flexibility index (Phi) is 5.34. The topological polar surface area (TPSA) is 38.3 Å². The van der Waals surface area contributed by atoms with E-state index < -0.39 is 0 Å². The van der Waals surface area contributed by atoms with Crippen LogP contribution in [-0.4, -0.2) is 19.1 Å². The van der Waals surface area contributed by atoms with E-state index in [0.29, 0.717) is 18.2 Å². The number of nitrogens with one attached hydrogen (secondary N) is 1. The van der Waals surface area contributed by atoms with E-state index in [4.69, 9.17) is 16.3 Å². The van der Waals surface area contributed by atoms with Gasteiger partial charge in [0, 0.05) is 5.02 Å². The van der Waals surface area contributed by atoms with Gasteiger partial charge in [-0.25, -0.2) is 0 Å². The van der Waals surface area contributed by atoms with Crippen molar-refractivity contribution in [1.82, 2.24) is 5.32 Å². The number of ether oxygens (including phenoxy) is 1. The molecule has 0 heterocycles. The van der Waals surface area contributed by atoms with Crippen molar-refractivity contribution in [2.24, 2.45) is 0 Å². The van der Waals surface area contributed by atoms with Crippen molar-refractivity contribution in [3.63, 3.8) is 0 Å². The molecule has 0 unspecified atom stereocenters. The van der Waals surface area contributed by atoms with Crippen LogP contribution in [0.5, 0.6) is 5.75 Å². The third-order valence-electron chi connectivity index (χ3n) is 3.72. The van der Waals surface area contributed by atoms with E-state index in [-0.39, 0.29) is 12.3 Å². The second-order valence-corrected chi connectivity index (χ2v) is 5.88. The van der Waals surface area contributed by atoms with Crippen LogP contribution >= 0.6 is 11.6 Å². The van der Waals surface area contributed by atoms with Crippen molar-refractivity contribution in [3.05, 3.63) is 77.3 Å². The van der Waals surface area contributed by atoms with Crippen molar-refractivity contribution >= 4 is 28.3 Å². The molecule has 3 aromatic carbocycles. The minimum atomic E-state index is -0.0646. The molecule has 0 bridgehead atoms. The van der Waals surface area contributed by atoms with E-state index in [1.165, 1.54) is 5.39 Å². The molecule has 3 rings (SSSR count). The van der Waals surface area contributed by atoms with Crippen molar-refractivity contribution in [1.29, 1.82) is 0 Å². The normalized spacial score (nSPS) is 10.5. The summed E-state index contributed by atoms with van der Waals surface area (Å²) in [4.78, 5) is 11.9. The van der Waals surface area contributed by atoms with E-state index in [1.807, 2.05) is 54.6 Å². The minimum absolute atomic E-state index is 0.0646. The molecule has 0 aliphatic carbocycles. The molecule has 0 aliphatic rings. The fourth-order valence-electron chi connectivity index (χ4n) is 2.49. The largest absolute Gasteiger partial charge is 0.492 e. The van der Waals surface area contributed by atoms with E-state index in [9.17, 15) is 4.79 Å². The molecular formula is C20H18ClNO2. The van der Waals surface area contributed by atoms with Gasteiger partial charge in [0.15, 0.2) is 0 Å². The molecular weight excluding hydrogens is 322 g/mol. The number of hydrogen-bond acceptors (Lipinski definition) is 2. The molecule has 24 heavy (non-hydrogen) atoms. The molecule has 122 valence electrons. The standard InChI is InChI=1S/C20H18ClNO2/c21-19-8-4-3-7-17(19)14-20(23)22-11-12-24-18-10-9-15-5-1-2-6-16(15)13-18/h1-10,13H,11-12,14H2,(H,22,23). The fourth-order valence-corrected chi connectivity index (χ4v) is 2.70. The molecule has 0 fully saturated rings. The van der Waals surface area contributed by atoms with Crippen LogP contribution in [0.15, 0.2) is 66.7 Å². The number of rotatable bonds is 6. The number of hydrogen-bond donors (Lipinski definition) is 1. The van der Waals surface area contributed by atoms with Gasteiger partial charge in [-0.3, -0.25) is 4.79 Å². The first-order chi connectivity index (χ1) is 11.7. The summed E-state index contributed by atoms with van der Waals surface area (Å²) in [6, 6.07) is 21.5. The molecule has 0 aromatic heterocycles. The zero-order valence-corrected chi connectivity index (χ0v) is 13.9. The molecule has 4 heteroatoms. The lowest BCUT2D eigenvalue weighted by molar-refractivity contribution is -0.120. The van der Waals surface area contributed by atoms with Crippen molar-refractivity contribution in [3.8, 4) is 5.75 Å². The lowest BCUT2D eigenvalue weighted by Crippen LogP contribution is -2.29. The first kappa shape index (κ1) is 16.3. The maximum atomic E-state index is 11.9. The Balaban J connectivity index is 1.46. The Morgan fingerprint density at radius 1 is 0.958 bits per heavy atom. The van der Waals surface area contributed by atoms with Crippen molar-refractivity contribution in [2.75, 3.05) is 13.2 Å². The van der Waals surface area contributed by atoms with Gasteiger partial charge in [-0.15, -0.1) is 0 Å². The lowest BCUT2D eigenvalue weighted by atomic mass is 10.1. The maximum Gasteiger partial charge on any atom is 0.224 e. The van der Waals surface area contributed by atoms with Crippen molar-refractivity contribution < 1.29 is 9.53 Å². The molecule has 3 nitrogen and oxygen atoms in total. The highest BCUT2D eigenvalue weighted by atomic mass is 35.5. The van der Waals surface area contributed by atoms with Gasteiger partial charge >= 0.3 is 0 Å². The average Bonchev–Trinajstić information content (AvgIpc) is 2.60. The molecule has 0 saturated heterocycles. The van der Waals surface area contributed by atoms with Gasteiger partial charge in [-0.2, -0.15) is 0 Å². The SMILES string of the molecule is O=C(Cc1ccccc1Cl)NCCOc1ccc2ccccc2c1. The van der Waals surface area contributed by atoms with Crippen LogP contribution in [-0.2, 0) is 11.2 Å². The predicted octanol–water partition coefficient (Wildman–Crippen LogP) is 4.23. The van der Waals surface area contributed by atoms with Crippen LogP contribution in [0.1, 0.15) is 5.56 Å². The molecule has 3 aromatic rings. The fraction of sp³-hybridized carbons (Fsp3) is 0.150. The zero-order chi connectivity index (χ0) is 16.8.